The van der Waals surface area contributed by atoms with Crippen LogP contribution in [-0.2, 0) is 4.79 Å². The molecule has 0 radical (unpaired) electrons. The zero-order valence-corrected chi connectivity index (χ0v) is 14.8. The second-order valence-corrected chi connectivity index (χ2v) is 8.22. The highest BCUT2D eigenvalue weighted by Gasteiger charge is 2.91. The van der Waals surface area contributed by atoms with Crippen molar-refractivity contribution in [3.05, 3.63) is 23.0 Å². The van der Waals surface area contributed by atoms with E-state index in [2.05, 4.69) is 23.0 Å². The second-order valence-electron chi connectivity index (χ2n) is 8.22. The Morgan fingerprint density at radius 3 is 2.88 bits per heavy atom. The Bertz CT molecular complexity index is 903. The molecule has 1 saturated carbocycles. The first-order chi connectivity index (χ1) is 12.1. The summed E-state index contributed by atoms with van der Waals surface area (Å²) in [5.41, 5.74) is -0.218. The Hall–Kier alpha value is -1.99. The maximum Gasteiger partial charge on any atom is 0.232 e. The van der Waals surface area contributed by atoms with Crippen LogP contribution in [-0.4, -0.2) is 48.9 Å². The summed E-state index contributed by atoms with van der Waals surface area (Å²) in [6.07, 6.45) is 16.8. The quantitative estimate of drug-likeness (QED) is 0.750. The fraction of sp³-hybridized carbons (Fsp3) is 0.571. The molecular formula is C21H24N2O2. The largest absolute Gasteiger partial charge is 0.465 e. The van der Waals surface area contributed by atoms with Gasteiger partial charge >= 0.3 is 0 Å². The molecule has 1 aromatic rings. The molecule has 3 fully saturated rings. The van der Waals surface area contributed by atoms with E-state index in [4.69, 9.17) is 10.8 Å². The molecule has 0 aromatic carbocycles. The lowest BCUT2D eigenvalue weighted by molar-refractivity contribution is -0.134. The summed E-state index contributed by atoms with van der Waals surface area (Å²) >= 11 is 0. The van der Waals surface area contributed by atoms with Crippen molar-refractivity contribution in [1.29, 1.82) is 0 Å². The topological polar surface area (TPSA) is 36.7 Å². The van der Waals surface area contributed by atoms with Gasteiger partial charge in [0.25, 0.3) is 0 Å². The van der Waals surface area contributed by atoms with Crippen LogP contribution in [0.1, 0.15) is 25.7 Å². The number of carbonyl (C=O) groups is 1. The summed E-state index contributed by atoms with van der Waals surface area (Å²) in [5, 5.41) is 1.09. The van der Waals surface area contributed by atoms with Crippen LogP contribution in [0.5, 0.6) is 0 Å². The molecule has 1 amide bonds. The molecule has 3 atom stereocenters. The van der Waals surface area contributed by atoms with E-state index in [9.17, 15) is 4.79 Å². The molecule has 4 heteroatoms. The summed E-state index contributed by atoms with van der Waals surface area (Å²) < 4.78 is 5.55. The van der Waals surface area contributed by atoms with Gasteiger partial charge in [0, 0.05) is 30.8 Å². The summed E-state index contributed by atoms with van der Waals surface area (Å²) in [7, 11) is 1.90. The van der Waals surface area contributed by atoms with Crippen LogP contribution in [0.2, 0.25) is 0 Å². The van der Waals surface area contributed by atoms with Crippen LogP contribution in [0.15, 0.2) is 16.7 Å². The number of likely N-dealkylation sites (tertiary alicyclic amines) is 2. The number of furan rings is 1. The first-order valence-corrected chi connectivity index (χ1v) is 9.33. The minimum atomic E-state index is -0.480. The number of rotatable bonds is 2. The smallest absolute Gasteiger partial charge is 0.232 e. The molecule has 1 spiro atoms. The highest BCUT2D eigenvalue weighted by Crippen LogP contribution is 2.84. The second kappa shape index (κ2) is 4.80. The van der Waals surface area contributed by atoms with Gasteiger partial charge in [0.15, 0.2) is 0 Å². The van der Waals surface area contributed by atoms with Crippen molar-refractivity contribution in [1.82, 2.24) is 9.80 Å². The lowest BCUT2D eigenvalue weighted by Gasteiger charge is -2.33. The fourth-order valence-corrected chi connectivity index (χ4v) is 6.09. The number of nitrogens with zero attached hydrogens (tertiary/aromatic N) is 2. The molecule has 5 rings (SSSR count). The van der Waals surface area contributed by atoms with Crippen molar-refractivity contribution >= 4 is 18.1 Å². The van der Waals surface area contributed by atoms with Crippen LogP contribution >= 0.6 is 0 Å². The van der Waals surface area contributed by atoms with Crippen molar-refractivity contribution in [3.63, 3.8) is 0 Å². The Balaban J connectivity index is 1.64. The average molecular weight is 336 g/mol. The molecule has 2 aliphatic heterocycles. The van der Waals surface area contributed by atoms with Gasteiger partial charge in [-0.25, -0.2) is 0 Å². The fourth-order valence-electron chi connectivity index (χ4n) is 6.09. The molecule has 1 unspecified atom stereocenters. The Labute approximate surface area is 148 Å². The summed E-state index contributed by atoms with van der Waals surface area (Å²) in [6.45, 7) is 3.61. The van der Waals surface area contributed by atoms with Gasteiger partial charge < -0.3 is 14.2 Å². The van der Waals surface area contributed by atoms with Gasteiger partial charge in [-0.1, -0.05) is 18.4 Å². The minimum absolute atomic E-state index is 0.229. The van der Waals surface area contributed by atoms with Crippen molar-refractivity contribution in [2.24, 2.45) is 16.2 Å². The standard InChI is InChI=1S/C21H24N2O2/c1-3-19-14-22(2)18(24)21(19,15-23-10-5-4-6-11-23)20(19)9-7-17-16(13-20)8-12-25-17/h1,7-8,12-13H,4-6,9-11,14-15H2,2H3/t19-,20?,21-/m1/s1. The summed E-state index contributed by atoms with van der Waals surface area (Å²) in [6, 6.07) is 1.99. The molecular weight excluding hydrogens is 312 g/mol. The third-order valence-corrected chi connectivity index (χ3v) is 7.27. The van der Waals surface area contributed by atoms with Gasteiger partial charge in [0.05, 0.1) is 17.1 Å². The zero-order chi connectivity index (χ0) is 17.3. The van der Waals surface area contributed by atoms with Gasteiger partial charge in [-0.2, -0.15) is 0 Å². The molecule has 3 heterocycles. The number of terminal acetylenes is 1. The average Bonchev–Trinajstić information content (AvgIpc) is 2.95. The van der Waals surface area contributed by atoms with E-state index in [-0.39, 0.29) is 11.3 Å². The Morgan fingerprint density at radius 1 is 1.32 bits per heavy atom. The van der Waals surface area contributed by atoms with Crippen LogP contribution in [0.4, 0.5) is 0 Å². The van der Waals surface area contributed by atoms with E-state index >= 15 is 0 Å². The van der Waals surface area contributed by atoms with E-state index in [1.807, 2.05) is 18.0 Å². The maximum atomic E-state index is 13.4. The van der Waals surface area contributed by atoms with Crippen molar-refractivity contribution in [3.8, 4) is 12.3 Å². The SMILES string of the molecule is C#C[C@]12CN(C)C(=O)[C@@]1(CN1CCCCC1)C21C=c2ccoc2=CC1. The molecule has 0 N–H and O–H groups in total. The molecule has 25 heavy (non-hydrogen) atoms. The highest BCUT2D eigenvalue weighted by atomic mass is 16.3. The first kappa shape index (κ1) is 15.3. The van der Waals surface area contributed by atoms with E-state index in [0.29, 0.717) is 6.54 Å². The normalized spacial score (nSPS) is 39.4. The van der Waals surface area contributed by atoms with Crippen LogP contribution in [0.25, 0.3) is 12.2 Å². The number of hydrogen-bond acceptors (Lipinski definition) is 3. The van der Waals surface area contributed by atoms with Crippen molar-refractivity contribution in [2.45, 2.75) is 25.7 Å². The summed E-state index contributed by atoms with van der Waals surface area (Å²) in [5.74, 6) is 3.35. The zero-order valence-electron chi connectivity index (χ0n) is 14.8. The molecule has 130 valence electrons. The third kappa shape index (κ3) is 1.57. The molecule has 4 aliphatic rings. The number of amides is 1. The summed E-state index contributed by atoms with van der Waals surface area (Å²) in [4.78, 5) is 17.7. The minimum Gasteiger partial charge on any atom is -0.465 e. The molecule has 4 nitrogen and oxygen atoms in total. The highest BCUT2D eigenvalue weighted by molar-refractivity contribution is 5.97. The lowest BCUT2D eigenvalue weighted by Crippen LogP contribution is -2.44. The molecule has 1 aromatic heterocycles. The van der Waals surface area contributed by atoms with Crippen LogP contribution in [0.3, 0.4) is 0 Å². The molecule has 0 bridgehead atoms. The monoisotopic (exact) mass is 336 g/mol. The lowest BCUT2D eigenvalue weighted by atomic mass is 9.83. The van der Waals surface area contributed by atoms with Crippen molar-refractivity contribution < 1.29 is 9.21 Å². The van der Waals surface area contributed by atoms with E-state index in [0.717, 1.165) is 36.7 Å². The Morgan fingerprint density at radius 2 is 2.12 bits per heavy atom. The number of piperidine rings is 2. The number of fused-ring (bicyclic) bond motifs is 4. The molecule has 2 aliphatic carbocycles. The van der Waals surface area contributed by atoms with E-state index in [1.54, 1.807) is 6.26 Å². The predicted molar refractivity (Wildman–Crippen MR) is 95.6 cm³/mol. The van der Waals surface area contributed by atoms with Gasteiger partial charge in [0.2, 0.25) is 5.91 Å². The predicted octanol–water partition coefficient (Wildman–Crippen LogP) is 0.808. The third-order valence-electron chi connectivity index (χ3n) is 7.27. The first-order valence-electron chi connectivity index (χ1n) is 9.33. The molecule has 2 saturated heterocycles. The maximum absolute atomic E-state index is 13.4. The van der Waals surface area contributed by atoms with E-state index < -0.39 is 10.8 Å². The van der Waals surface area contributed by atoms with Gasteiger partial charge in [-0.15, -0.1) is 6.42 Å². The number of carbonyl (C=O) groups excluding carboxylic acids is 1. The van der Waals surface area contributed by atoms with Crippen LogP contribution < -0.4 is 10.6 Å². The van der Waals surface area contributed by atoms with Gasteiger partial charge in [-0.3, -0.25) is 4.79 Å². The van der Waals surface area contributed by atoms with Crippen LogP contribution in [0, 0.1) is 28.6 Å². The number of hydrogen-bond donors (Lipinski definition) is 0. The van der Waals surface area contributed by atoms with E-state index in [1.165, 1.54) is 19.3 Å². The van der Waals surface area contributed by atoms with Crippen molar-refractivity contribution in [2.75, 3.05) is 33.2 Å². The van der Waals surface area contributed by atoms with Gasteiger partial charge in [-0.05, 0) is 44.5 Å². The van der Waals surface area contributed by atoms with Gasteiger partial charge in [0.1, 0.15) is 5.42 Å². The Kier molecular flexibility index (Phi) is 2.93.